The Morgan fingerprint density at radius 1 is 1.39 bits per heavy atom. The van der Waals surface area contributed by atoms with E-state index in [1.807, 2.05) is 0 Å². The summed E-state index contributed by atoms with van der Waals surface area (Å²) in [5.74, 6) is -1.58. The summed E-state index contributed by atoms with van der Waals surface area (Å²) >= 11 is 1.14. The van der Waals surface area contributed by atoms with Gasteiger partial charge in [0.15, 0.2) is 17.4 Å². The van der Waals surface area contributed by atoms with Crippen LogP contribution in [0.4, 0.5) is 8.78 Å². The fraction of sp³-hybridized carbons (Fsp3) is 0.182. The molecule has 0 unspecified atom stereocenters. The van der Waals surface area contributed by atoms with Crippen molar-refractivity contribution in [2.45, 2.75) is 12.1 Å². The summed E-state index contributed by atoms with van der Waals surface area (Å²) < 4.78 is 25.6. The van der Waals surface area contributed by atoms with Gasteiger partial charge in [-0.15, -0.1) is 5.10 Å². The first-order valence-electron chi connectivity index (χ1n) is 5.06. The van der Waals surface area contributed by atoms with Crippen LogP contribution in [0.5, 0.6) is 0 Å². The average Bonchev–Trinajstić information content (AvgIpc) is 2.75. The number of nitrogens with zero attached hydrogens (tertiary/aromatic N) is 2. The van der Waals surface area contributed by atoms with Crippen molar-refractivity contribution in [2.24, 2.45) is 0 Å². The second kappa shape index (κ2) is 5.26. The lowest BCUT2D eigenvalue weighted by atomic mass is 10.1. The van der Waals surface area contributed by atoms with Crippen LogP contribution in [0.15, 0.2) is 23.4 Å². The van der Waals surface area contributed by atoms with E-state index in [1.165, 1.54) is 6.07 Å². The molecule has 0 spiro atoms. The van der Waals surface area contributed by atoms with Crippen LogP contribution < -0.4 is 0 Å². The van der Waals surface area contributed by atoms with Gasteiger partial charge >= 0.3 is 0 Å². The smallest absolute Gasteiger partial charge is 0.208 e. The molecule has 1 N–H and O–H groups in total. The number of aryl methyl sites for hydroxylation is 1. The van der Waals surface area contributed by atoms with Gasteiger partial charge in [-0.25, -0.2) is 13.8 Å². The molecule has 0 aliphatic carbocycles. The van der Waals surface area contributed by atoms with Crippen molar-refractivity contribution in [1.29, 1.82) is 0 Å². The summed E-state index contributed by atoms with van der Waals surface area (Å²) in [4.78, 5) is 15.7. The third kappa shape index (κ3) is 2.92. The number of hydrogen-bond acceptors (Lipinski definition) is 4. The van der Waals surface area contributed by atoms with Crippen LogP contribution in [0, 0.1) is 18.6 Å². The number of carbonyl (C=O) groups excluding carboxylic acids is 1. The molecule has 2 rings (SSSR count). The van der Waals surface area contributed by atoms with E-state index in [9.17, 15) is 13.6 Å². The van der Waals surface area contributed by atoms with Crippen molar-refractivity contribution >= 4 is 17.5 Å². The highest BCUT2D eigenvalue weighted by atomic mass is 32.2. The summed E-state index contributed by atoms with van der Waals surface area (Å²) in [5.41, 5.74) is 0.133. The van der Waals surface area contributed by atoms with Gasteiger partial charge in [0.25, 0.3) is 0 Å². The first kappa shape index (κ1) is 12.7. The van der Waals surface area contributed by atoms with E-state index >= 15 is 0 Å². The van der Waals surface area contributed by atoms with E-state index in [-0.39, 0.29) is 17.1 Å². The Balaban J connectivity index is 2.01. The molecule has 1 heterocycles. The minimum atomic E-state index is -1.03. The van der Waals surface area contributed by atoms with Crippen molar-refractivity contribution in [3.8, 4) is 0 Å². The van der Waals surface area contributed by atoms with Crippen LogP contribution >= 0.6 is 11.8 Å². The SMILES string of the molecule is Cc1nc(SCC(=O)c2ccc(F)c(F)c2)n[nH]1. The molecule has 4 nitrogen and oxygen atoms in total. The summed E-state index contributed by atoms with van der Waals surface area (Å²) in [6, 6.07) is 3.08. The molecule has 1 aromatic carbocycles. The molecule has 0 atom stereocenters. The Bertz CT molecular complexity index is 585. The standard InChI is InChI=1S/C11H9F2N3OS/c1-6-14-11(16-15-6)18-5-10(17)7-2-3-8(12)9(13)4-7/h2-4H,5H2,1H3,(H,14,15,16). The molecule has 7 heteroatoms. The van der Waals surface area contributed by atoms with Crippen LogP contribution in [0.1, 0.15) is 16.2 Å². The van der Waals surface area contributed by atoms with Gasteiger partial charge in [0.1, 0.15) is 5.82 Å². The normalized spacial score (nSPS) is 10.6. The highest BCUT2D eigenvalue weighted by Crippen LogP contribution is 2.16. The Morgan fingerprint density at radius 3 is 2.78 bits per heavy atom. The predicted molar refractivity (Wildman–Crippen MR) is 62.5 cm³/mol. The minimum absolute atomic E-state index is 0.0718. The lowest BCUT2D eigenvalue weighted by Crippen LogP contribution is -2.03. The number of thioether (sulfide) groups is 1. The van der Waals surface area contributed by atoms with Gasteiger partial charge in [-0.2, -0.15) is 0 Å². The quantitative estimate of drug-likeness (QED) is 0.684. The number of aromatic amines is 1. The van der Waals surface area contributed by atoms with Crippen LogP contribution in [0.3, 0.4) is 0 Å². The largest absolute Gasteiger partial charge is 0.293 e. The highest BCUT2D eigenvalue weighted by molar-refractivity contribution is 7.99. The number of rotatable bonds is 4. The van der Waals surface area contributed by atoms with Crippen molar-refractivity contribution < 1.29 is 13.6 Å². The zero-order valence-corrected chi connectivity index (χ0v) is 10.2. The minimum Gasteiger partial charge on any atom is -0.293 e. The van der Waals surface area contributed by atoms with Crippen LogP contribution in [0.2, 0.25) is 0 Å². The van der Waals surface area contributed by atoms with E-state index in [4.69, 9.17) is 0 Å². The molecule has 1 aromatic heterocycles. The molecule has 0 radical (unpaired) electrons. The van der Waals surface area contributed by atoms with Gasteiger partial charge < -0.3 is 0 Å². The Kier molecular flexibility index (Phi) is 3.71. The zero-order chi connectivity index (χ0) is 13.1. The number of carbonyl (C=O) groups is 1. The van der Waals surface area contributed by atoms with Gasteiger partial charge in [0.05, 0.1) is 5.75 Å². The predicted octanol–water partition coefficient (Wildman–Crippen LogP) is 2.37. The molecule has 0 aliphatic heterocycles. The first-order chi connectivity index (χ1) is 8.56. The van der Waals surface area contributed by atoms with Gasteiger partial charge in [-0.3, -0.25) is 9.89 Å². The average molecular weight is 269 g/mol. The lowest BCUT2D eigenvalue weighted by Gasteiger charge is -2.00. The lowest BCUT2D eigenvalue weighted by molar-refractivity contribution is 0.102. The van der Waals surface area contributed by atoms with Crippen LogP contribution in [-0.2, 0) is 0 Å². The fourth-order valence-electron chi connectivity index (χ4n) is 1.27. The van der Waals surface area contributed by atoms with E-state index in [0.717, 1.165) is 23.9 Å². The fourth-order valence-corrected chi connectivity index (χ4v) is 2.01. The third-order valence-corrected chi connectivity index (χ3v) is 3.00. The second-order valence-corrected chi connectivity index (χ2v) is 4.49. The molecule has 2 aromatic rings. The van der Waals surface area contributed by atoms with E-state index in [0.29, 0.717) is 11.0 Å². The number of halogens is 2. The molecule has 0 amide bonds. The van der Waals surface area contributed by atoms with Crippen molar-refractivity contribution in [1.82, 2.24) is 15.2 Å². The van der Waals surface area contributed by atoms with Crippen LogP contribution in [0.25, 0.3) is 0 Å². The molecular weight excluding hydrogens is 260 g/mol. The number of hydrogen-bond donors (Lipinski definition) is 1. The summed E-state index contributed by atoms with van der Waals surface area (Å²) in [5, 5.41) is 6.95. The molecule has 0 saturated carbocycles. The molecule has 0 aliphatic rings. The Hall–Kier alpha value is -1.76. The Labute approximate surface area is 106 Å². The topological polar surface area (TPSA) is 58.6 Å². The van der Waals surface area contributed by atoms with Gasteiger partial charge in [-0.1, -0.05) is 11.8 Å². The summed E-state index contributed by atoms with van der Waals surface area (Å²) in [6.45, 7) is 1.74. The number of Topliss-reactive ketones (excluding diaryl/α,β-unsaturated/α-hetero) is 1. The second-order valence-electron chi connectivity index (χ2n) is 3.54. The number of benzene rings is 1. The number of aromatic nitrogens is 3. The third-order valence-electron chi connectivity index (χ3n) is 2.15. The number of H-pyrrole nitrogens is 1. The number of ketones is 1. The van der Waals surface area contributed by atoms with Gasteiger partial charge in [0.2, 0.25) is 5.16 Å². The summed E-state index contributed by atoms with van der Waals surface area (Å²) in [7, 11) is 0. The molecular formula is C11H9F2N3OS. The van der Waals surface area contributed by atoms with E-state index < -0.39 is 11.6 Å². The molecule has 0 saturated heterocycles. The summed E-state index contributed by atoms with van der Waals surface area (Å²) in [6.07, 6.45) is 0. The van der Waals surface area contributed by atoms with E-state index in [2.05, 4.69) is 15.2 Å². The maximum atomic E-state index is 12.9. The molecule has 94 valence electrons. The first-order valence-corrected chi connectivity index (χ1v) is 6.05. The Morgan fingerprint density at radius 2 is 2.17 bits per heavy atom. The van der Waals surface area contributed by atoms with Crippen LogP contribution in [-0.4, -0.2) is 26.7 Å². The van der Waals surface area contributed by atoms with Crippen molar-refractivity contribution in [3.05, 3.63) is 41.2 Å². The van der Waals surface area contributed by atoms with Crippen molar-refractivity contribution in [3.63, 3.8) is 0 Å². The molecule has 0 bridgehead atoms. The monoisotopic (exact) mass is 269 g/mol. The van der Waals surface area contributed by atoms with E-state index in [1.54, 1.807) is 6.92 Å². The zero-order valence-electron chi connectivity index (χ0n) is 9.41. The maximum Gasteiger partial charge on any atom is 0.208 e. The van der Waals surface area contributed by atoms with Gasteiger partial charge in [-0.05, 0) is 25.1 Å². The molecule has 18 heavy (non-hydrogen) atoms. The highest BCUT2D eigenvalue weighted by Gasteiger charge is 2.11. The molecule has 0 fully saturated rings. The van der Waals surface area contributed by atoms with Crippen molar-refractivity contribution in [2.75, 3.05) is 5.75 Å². The number of nitrogens with one attached hydrogen (secondary N) is 1. The van der Waals surface area contributed by atoms with Gasteiger partial charge in [0, 0.05) is 5.56 Å². The maximum absolute atomic E-state index is 12.9.